The number of benzene rings is 1. The smallest absolute Gasteiger partial charge is 0.185 e. The molecule has 1 aromatic carbocycles. The van der Waals surface area contributed by atoms with Crippen LogP contribution in [0, 0.1) is 0 Å². The molecule has 2 aromatic rings. The first-order valence-electron chi connectivity index (χ1n) is 7.24. The van der Waals surface area contributed by atoms with Gasteiger partial charge in [-0.3, -0.25) is 0 Å². The topological polar surface area (TPSA) is 19.4 Å². The van der Waals surface area contributed by atoms with Gasteiger partial charge in [0.05, 0.1) is 5.69 Å². The van der Waals surface area contributed by atoms with E-state index in [1.54, 1.807) is 11.3 Å². The quantitative estimate of drug-likeness (QED) is 0.864. The van der Waals surface area contributed by atoms with E-state index < -0.39 is 0 Å². The molecule has 0 N–H and O–H groups in total. The number of likely N-dealkylation sites (N-methyl/N-ethyl adjacent to an activating group) is 1. The Labute approximate surface area is 124 Å². The average molecular weight is 287 g/mol. The zero-order valence-corrected chi connectivity index (χ0v) is 13.0. The minimum absolute atomic E-state index is 1.08. The number of hydrogen-bond donors (Lipinski definition) is 0. The van der Waals surface area contributed by atoms with Crippen molar-refractivity contribution in [1.29, 1.82) is 0 Å². The Kier molecular flexibility index (Phi) is 4.03. The number of anilines is 1. The molecule has 106 valence electrons. The van der Waals surface area contributed by atoms with Crippen molar-refractivity contribution in [3.8, 4) is 11.3 Å². The zero-order chi connectivity index (χ0) is 13.9. The first-order valence-corrected chi connectivity index (χ1v) is 8.12. The monoisotopic (exact) mass is 287 g/mol. The minimum atomic E-state index is 1.08. The van der Waals surface area contributed by atoms with Gasteiger partial charge in [-0.2, -0.15) is 0 Å². The van der Waals surface area contributed by atoms with Crippen molar-refractivity contribution in [3.63, 3.8) is 0 Å². The molecular weight excluding hydrogens is 266 g/mol. The molecule has 4 heteroatoms. The maximum atomic E-state index is 4.81. The van der Waals surface area contributed by atoms with Crippen LogP contribution >= 0.6 is 11.3 Å². The van der Waals surface area contributed by atoms with Crippen molar-refractivity contribution in [2.75, 3.05) is 38.1 Å². The molecular formula is C16H21N3S. The molecule has 1 aromatic heterocycles. The van der Waals surface area contributed by atoms with Crippen LogP contribution in [0.5, 0.6) is 0 Å². The van der Waals surface area contributed by atoms with Gasteiger partial charge >= 0.3 is 0 Å². The van der Waals surface area contributed by atoms with Gasteiger partial charge in [-0.05, 0) is 19.0 Å². The fraction of sp³-hybridized carbons (Fsp3) is 0.438. The third-order valence-electron chi connectivity index (χ3n) is 3.92. The second-order valence-electron chi connectivity index (χ2n) is 5.36. The lowest BCUT2D eigenvalue weighted by Gasteiger charge is -2.32. The molecule has 0 bridgehead atoms. The molecule has 2 heterocycles. The molecule has 1 aliphatic rings. The van der Waals surface area contributed by atoms with Crippen LogP contribution in [0.3, 0.4) is 0 Å². The predicted molar refractivity (Wildman–Crippen MR) is 86.6 cm³/mol. The van der Waals surface area contributed by atoms with Crippen molar-refractivity contribution in [3.05, 3.63) is 35.2 Å². The van der Waals surface area contributed by atoms with Crippen LogP contribution in [-0.2, 0) is 6.42 Å². The van der Waals surface area contributed by atoms with Crippen LogP contribution in [-0.4, -0.2) is 43.1 Å². The van der Waals surface area contributed by atoms with Gasteiger partial charge in [0.2, 0.25) is 0 Å². The number of nitrogens with zero attached hydrogens (tertiary/aromatic N) is 3. The molecule has 0 atom stereocenters. The van der Waals surface area contributed by atoms with E-state index in [1.807, 2.05) is 0 Å². The van der Waals surface area contributed by atoms with Gasteiger partial charge in [-0.15, -0.1) is 11.3 Å². The van der Waals surface area contributed by atoms with Gasteiger partial charge < -0.3 is 9.80 Å². The lowest BCUT2D eigenvalue weighted by Crippen LogP contribution is -2.44. The standard InChI is InChI=1S/C16H21N3S/c1-3-13-4-6-14(7-5-13)15-12-20-16(17-15)19-10-8-18(2)9-11-19/h4-7,12H,3,8-11H2,1-2H3. The Bertz CT molecular complexity index is 553. The van der Waals surface area contributed by atoms with Crippen LogP contribution in [0.2, 0.25) is 0 Å². The summed E-state index contributed by atoms with van der Waals surface area (Å²) in [4.78, 5) is 9.58. The van der Waals surface area contributed by atoms with Crippen molar-refractivity contribution in [2.24, 2.45) is 0 Å². The van der Waals surface area contributed by atoms with E-state index in [-0.39, 0.29) is 0 Å². The van der Waals surface area contributed by atoms with E-state index in [2.05, 4.69) is 53.4 Å². The molecule has 3 nitrogen and oxygen atoms in total. The number of rotatable bonds is 3. The van der Waals surface area contributed by atoms with Gasteiger partial charge in [0.15, 0.2) is 5.13 Å². The second kappa shape index (κ2) is 5.94. The molecule has 3 rings (SSSR count). The van der Waals surface area contributed by atoms with Crippen LogP contribution in [0.15, 0.2) is 29.6 Å². The lowest BCUT2D eigenvalue weighted by atomic mass is 10.1. The van der Waals surface area contributed by atoms with Crippen LogP contribution in [0.4, 0.5) is 5.13 Å². The third kappa shape index (κ3) is 2.86. The minimum Gasteiger partial charge on any atom is -0.346 e. The van der Waals surface area contributed by atoms with Gasteiger partial charge in [0.1, 0.15) is 0 Å². The summed E-state index contributed by atoms with van der Waals surface area (Å²) in [5.74, 6) is 0. The summed E-state index contributed by atoms with van der Waals surface area (Å²) in [7, 11) is 2.18. The molecule has 0 radical (unpaired) electrons. The highest BCUT2D eigenvalue weighted by Crippen LogP contribution is 2.28. The Morgan fingerprint density at radius 3 is 2.45 bits per heavy atom. The van der Waals surface area contributed by atoms with Crippen LogP contribution < -0.4 is 4.90 Å². The third-order valence-corrected chi connectivity index (χ3v) is 4.83. The summed E-state index contributed by atoms with van der Waals surface area (Å²) < 4.78 is 0. The Morgan fingerprint density at radius 1 is 1.10 bits per heavy atom. The van der Waals surface area contributed by atoms with Crippen molar-refractivity contribution >= 4 is 16.5 Å². The van der Waals surface area contributed by atoms with Gasteiger partial charge in [-0.1, -0.05) is 31.2 Å². The number of aromatic nitrogens is 1. The molecule has 1 saturated heterocycles. The predicted octanol–water partition coefficient (Wildman–Crippen LogP) is 3.12. The highest BCUT2D eigenvalue weighted by atomic mass is 32.1. The molecule has 0 unspecified atom stereocenters. The molecule has 0 spiro atoms. The number of thiazole rings is 1. The highest BCUT2D eigenvalue weighted by Gasteiger charge is 2.17. The van der Waals surface area contributed by atoms with Crippen LogP contribution in [0.25, 0.3) is 11.3 Å². The summed E-state index contributed by atoms with van der Waals surface area (Å²) >= 11 is 1.76. The molecule has 0 aliphatic carbocycles. The number of piperazine rings is 1. The van der Waals surface area contributed by atoms with Gasteiger partial charge in [0.25, 0.3) is 0 Å². The van der Waals surface area contributed by atoms with Gasteiger partial charge in [-0.25, -0.2) is 4.98 Å². The molecule has 20 heavy (non-hydrogen) atoms. The average Bonchev–Trinajstić information content (AvgIpc) is 2.98. The Morgan fingerprint density at radius 2 is 1.80 bits per heavy atom. The lowest BCUT2D eigenvalue weighted by molar-refractivity contribution is 0.313. The largest absolute Gasteiger partial charge is 0.346 e. The molecule has 0 amide bonds. The summed E-state index contributed by atoms with van der Waals surface area (Å²) in [6, 6.07) is 8.76. The van der Waals surface area contributed by atoms with E-state index in [1.165, 1.54) is 11.1 Å². The summed E-state index contributed by atoms with van der Waals surface area (Å²) in [6.45, 7) is 6.60. The fourth-order valence-electron chi connectivity index (χ4n) is 2.45. The summed E-state index contributed by atoms with van der Waals surface area (Å²) in [5.41, 5.74) is 3.70. The van der Waals surface area contributed by atoms with Crippen molar-refractivity contribution < 1.29 is 0 Å². The van der Waals surface area contributed by atoms with E-state index >= 15 is 0 Å². The maximum absolute atomic E-state index is 4.81. The van der Waals surface area contributed by atoms with E-state index in [4.69, 9.17) is 4.98 Å². The fourth-order valence-corrected chi connectivity index (χ4v) is 3.34. The van der Waals surface area contributed by atoms with Crippen molar-refractivity contribution in [2.45, 2.75) is 13.3 Å². The van der Waals surface area contributed by atoms with E-state index in [0.717, 1.165) is 43.4 Å². The van der Waals surface area contributed by atoms with E-state index in [9.17, 15) is 0 Å². The zero-order valence-electron chi connectivity index (χ0n) is 12.2. The summed E-state index contributed by atoms with van der Waals surface area (Å²) in [5, 5.41) is 3.34. The second-order valence-corrected chi connectivity index (χ2v) is 6.19. The SMILES string of the molecule is CCc1ccc(-c2csc(N3CCN(C)CC3)n2)cc1. The molecule has 1 fully saturated rings. The summed E-state index contributed by atoms with van der Waals surface area (Å²) in [6.07, 6.45) is 1.09. The number of aryl methyl sites for hydroxylation is 1. The molecule has 1 aliphatic heterocycles. The number of hydrogen-bond acceptors (Lipinski definition) is 4. The van der Waals surface area contributed by atoms with Crippen LogP contribution in [0.1, 0.15) is 12.5 Å². The highest BCUT2D eigenvalue weighted by molar-refractivity contribution is 7.14. The van der Waals surface area contributed by atoms with Crippen molar-refractivity contribution in [1.82, 2.24) is 9.88 Å². The maximum Gasteiger partial charge on any atom is 0.185 e. The first-order chi connectivity index (χ1) is 9.76. The normalized spacial score (nSPS) is 16.6. The Balaban J connectivity index is 1.75. The van der Waals surface area contributed by atoms with Gasteiger partial charge in [0, 0.05) is 37.1 Å². The van der Waals surface area contributed by atoms with E-state index in [0.29, 0.717) is 0 Å². The molecule has 0 saturated carbocycles. The Hall–Kier alpha value is -1.39. The first kappa shape index (κ1) is 13.6.